The number of hydrogen-bond donors (Lipinski definition) is 1. The number of rotatable bonds is 13. The number of aryl methyl sites for hydroxylation is 2. The Hall–Kier alpha value is -0.980. The second-order valence-corrected chi connectivity index (χ2v) is 10.8. The van der Waals surface area contributed by atoms with Crippen LogP contribution in [0, 0.1) is 0 Å². The van der Waals surface area contributed by atoms with Crippen molar-refractivity contribution in [1.82, 2.24) is 4.98 Å². The van der Waals surface area contributed by atoms with Crippen LogP contribution in [-0.4, -0.2) is 13.4 Å². The summed E-state index contributed by atoms with van der Waals surface area (Å²) in [7, 11) is -3.79. The Balaban J connectivity index is 2.84. The summed E-state index contributed by atoms with van der Waals surface area (Å²) < 4.78 is 25.3. The van der Waals surface area contributed by atoms with Crippen molar-refractivity contribution in [3.63, 3.8) is 0 Å². The van der Waals surface area contributed by atoms with Crippen LogP contribution in [-0.2, 0) is 35.7 Å². The third kappa shape index (κ3) is 6.02. The van der Waals surface area contributed by atoms with Crippen molar-refractivity contribution in [1.29, 1.82) is 0 Å². The fourth-order valence-corrected chi connectivity index (χ4v) is 5.89. The maximum atomic E-state index is 12.1. The number of fused-ring (bicyclic) bond motifs is 1. The highest BCUT2D eigenvalue weighted by Gasteiger charge is 2.24. The molecule has 0 saturated carbocycles. The number of benzene rings is 1. The third-order valence-electron chi connectivity index (χ3n) is 5.63. The molecule has 0 bridgehead atoms. The molecule has 0 spiro atoms. The van der Waals surface area contributed by atoms with Crippen LogP contribution >= 0.6 is 11.3 Å². The van der Waals surface area contributed by atoms with Crippen molar-refractivity contribution < 1.29 is 8.42 Å². The number of sulfonamides is 1. The molecule has 0 fully saturated rings. The molecule has 0 atom stereocenters. The monoisotopic (exact) mass is 438 g/mol. The highest BCUT2D eigenvalue weighted by Crippen LogP contribution is 2.38. The lowest BCUT2D eigenvalue weighted by atomic mass is 9.85. The van der Waals surface area contributed by atoms with E-state index in [0.717, 1.165) is 87.3 Å². The van der Waals surface area contributed by atoms with Gasteiger partial charge < -0.3 is 0 Å². The van der Waals surface area contributed by atoms with Gasteiger partial charge in [-0.25, -0.2) is 18.5 Å². The Morgan fingerprint density at radius 1 is 0.724 bits per heavy atom. The number of aromatic nitrogens is 1. The van der Waals surface area contributed by atoms with Gasteiger partial charge in [0.15, 0.2) is 0 Å². The molecule has 0 aliphatic heterocycles. The first-order valence-corrected chi connectivity index (χ1v) is 13.7. The van der Waals surface area contributed by atoms with Crippen molar-refractivity contribution in [2.75, 3.05) is 0 Å². The lowest BCUT2D eigenvalue weighted by Gasteiger charge is -2.21. The second-order valence-electron chi connectivity index (χ2n) is 8.03. The van der Waals surface area contributed by atoms with Gasteiger partial charge in [0.2, 0.25) is 4.34 Å². The maximum Gasteiger partial charge on any atom is 0.265 e. The molecule has 1 heterocycles. The highest BCUT2D eigenvalue weighted by molar-refractivity contribution is 7.91. The van der Waals surface area contributed by atoms with Gasteiger partial charge >= 0.3 is 0 Å². The normalized spacial score (nSPS) is 12.2. The molecule has 164 valence electrons. The van der Waals surface area contributed by atoms with Crippen LogP contribution in [0.3, 0.4) is 0 Å². The van der Waals surface area contributed by atoms with Gasteiger partial charge in [0.25, 0.3) is 10.0 Å². The van der Waals surface area contributed by atoms with Gasteiger partial charge in [0, 0.05) is 0 Å². The Kier molecular flexibility index (Phi) is 9.57. The Morgan fingerprint density at radius 3 is 1.59 bits per heavy atom. The number of unbranched alkanes of at least 4 members (excludes halogenated alkanes) is 4. The quantitative estimate of drug-likeness (QED) is 0.398. The van der Waals surface area contributed by atoms with E-state index >= 15 is 0 Å². The molecule has 0 amide bonds. The van der Waals surface area contributed by atoms with Crippen molar-refractivity contribution >= 4 is 31.6 Å². The molecule has 2 aromatic rings. The van der Waals surface area contributed by atoms with Crippen LogP contribution in [0.2, 0.25) is 0 Å². The summed E-state index contributed by atoms with van der Waals surface area (Å²) in [4.78, 5) is 4.60. The molecule has 2 rings (SSSR count). The summed E-state index contributed by atoms with van der Waals surface area (Å²) in [5.41, 5.74) is 6.47. The Bertz CT molecular complexity index is 844. The number of thiazole rings is 1. The number of primary sulfonamides is 1. The molecule has 29 heavy (non-hydrogen) atoms. The zero-order chi connectivity index (χ0) is 21.4. The molecular formula is C23H38N2O2S2. The lowest BCUT2D eigenvalue weighted by molar-refractivity contribution is 0.597. The van der Waals surface area contributed by atoms with Gasteiger partial charge in [-0.15, -0.1) is 11.3 Å². The van der Waals surface area contributed by atoms with Crippen molar-refractivity contribution in [3.05, 3.63) is 22.3 Å². The van der Waals surface area contributed by atoms with Gasteiger partial charge in [-0.1, -0.05) is 53.4 Å². The summed E-state index contributed by atoms with van der Waals surface area (Å²) in [6.07, 6.45) is 13.2. The van der Waals surface area contributed by atoms with Crippen LogP contribution < -0.4 is 5.14 Å². The second kappa shape index (κ2) is 11.4. The summed E-state index contributed by atoms with van der Waals surface area (Å²) in [5, 5.41) is 5.48. The van der Waals surface area contributed by atoms with Crippen LogP contribution in [0.1, 0.15) is 101 Å². The molecular weight excluding hydrogens is 400 g/mol. The predicted octanol–water partition coefficient (Wildman–Crippen LogP) is 6.31. The topological polar surface area (TPSA) is 73.1 Å². The molecule has 0 radical (unpaired) electrons. The zero-order valence-electron chi connectivity index (χ0n) is 18.6. The molecule has 1 aromatic carbocycles. The van der Waals surface area contributed by atoms with Crippen LogP contribution in [0.15, 0.2) is 4.34 Å². The van der Waals surface area contributed by atoms with Crippen LogP contribution in [0.5, 0.6) is 0 Å². The number of nitrogens with zero attached hydrogens (tertiary/aromatic N) is 1. The van der Waals surface area contributed by atoms with Crippen LogP contribution in [0.4, 0.5) is 0 Å². The smallest absolute Gasteiger partial charge is 0.224 e. The lowest BCUT2D eigenvalue weighted by Crippen LogP contribution is -2.11. The van der Waals surface area contributed by atoms with Crippen molar-refractivity contribution in [2.45, 2.75) is 109 Å². The molecule has 2 N–H and O–H groups in total. The fraction of sp³-hybridized carbons (Fsp3) is 0.696. The minimum atomic E-state index is -3.79. The molecule has 0 saturated heterocycles. The average molecular weight is 439 g/mol. The predicted molar refractivity (Wildman–Crippen MR) is 125 cm³/mol. The van der Waals surface area contributed by atoms with Crippen molar-refractivity contribution in [3.8, 4) is 0 Å². The summed E-state index contributed by atoms with van der Waals surface area (Å²) in [5.74, 6) is 0. The zero-order valence-corrected chi connectivity index (χ0v) is 20.3. The summed E-state index contributed by atoms with van der Waals surface area (Å²) in [6.45, 7) is 8.88. The van der Waals surface area contributed by atoms with E-state index in [-0.39, 0.29) is 4.34 Å². The van der Waals surface area contributed by atoms with E-state index in [1.54, 1.807) is 0 Å². The number of hydrogen-bond acceptors (Lipinski definition) is 4. The molecule has 0 unspecified atom stereocenters. The first-order valence-electron chi connectivity index (χ1n) is 11.4. The van der Waals surface area contributed by atoms with E-state index in [0.29, 0.717) is 0 Å². The summed E-state index contributed by atoms with van der Waals surface area (Å²) in [6, 6.07) is 0. The molecule has 0 aliphatic rings. The van der Waals surface area contributed by atoms with E-state index < -0.39 is 10.0 Å². The summed E-state index contributed by atoms with van der Waals surface area (Å²) >= 11 is 1.28. The van der Waals surface area contributed by atoms with Gasteiger partial charge in [-0.3, -0.25) is 0 Å². The molecule has 6 heteroatoms. The van der Waals surface area contributed by atoms with E-state index in [1.807, 2.05) is 0 Å². The first-order chi connectivity index (χ1) is 13.9. The van der Waals surface area contributed by atoms with Gasteiger partial charge in [-0.2, -0.15) is 0 Å². The molecule has 0 aliphatic carbocycles. The minimum absolute atomic E-state index is 0.0667. The Labute approximate surface area is 181 Å². The first kappa shape index (κ1) is 24.3. The highest BCUT2D eigenvalue weighted by atomic mass is 32.2. The van der Waals surface area contributed by atoms with Crippen LogP contribution in [0.25, 0.3) is 10.2 Å². The van der Waals surface area contributed by atoms with E-state index in [2.05, 4.69) is 32.7 Å². The molecule has 1 aromatic heterocycles. The Morgan fingerprint density at radius 2 is 1.14 bits per heavy atom. The molecule has 4 nitrogen and oxygen atoms in total. The van der Waals surface area contributed by atoms with Gasteiger partial charge in [0.05, 0.1) is 10.2 Å². The maximum absolute atomic E-state index is 12.1. The van der Waals surface area contributed by atoms with E-state index in [4.69, 9.17) is 5.14 Å². The van der Waals surface area contributed by atoms with Gasteiger partial charge in [-0.05, 0) is 73.6 Å². The van der Waals surface area contributed by atoms with E-state index in [1.165, 1.54) is 33.6 Å². The fourth-order valence-electron chi connectivity index (χ4n) is 4.03. The minimum Gasteiger partial charge on any atom is -0.224 e. The average Bonchev–Trinajstić information content (AvgIpc) is 3.13. The largest absolute Gasteiger partial charge is 0.265 e. The van der Waals surface area contributed by atoms with E-state index in [9.17, 15) is 8.42 Å². The van der Waals surface area contributed by atoms with Gasteiger partial charge in [0.1, 0.15) is 0 Å². The number of nitrogens with two attached hydrogens (primary N) is 1. The standard InChI is InChI=1S/C23H38N2O2S2/c1-5-9-13-17-18(14-10-6-2)20(16-12-8-4)22-21(19(17)15-11-7-3)25-23(28-22)29(24,26)27/h5-16H2,1-4H3,(H2,24,26,27). The third-order valence-corrected chi connectivity index (χ3v) is 8.06. The SMILES string of the molecule is CCCCc1c(CCCC)c(CCCC)c2sc(S(N)(=O)=O)nc2c1CCCC. The van der Waals surface area contributed by atoms with Crippen molar-refractivity contribution in [2.24, 2.45) is 5.14 Å².